The van der Waals surface area contributed by atoms with Crippen LogP contribution >= 0.6 is 11.6 Å². The molecule has 0 fully saturated rings. The third-order valence-electron chi connectivity index (χ3n) is 3.10. The predicted molar refractivity (Wildman–Crippen MR) is 70.9 cm³/mol. The number of H-pyrrole nitrogens is 1. The van der Waals surface area contributed by atoms with E-state index in [2.05, 4.69) is 9.97 Å². The number of aromatic amines is 1. The number of hydrogen-bond acceptors (Lipinski definition) is 4. The van der Waals surface area contributed by atoms with Gasteiger partial charge in [0.2, 0.25) is 6.79 Å². The lowest BCUT2D eigenvalue weighted by molar-refractivity contribution is 0.174. The lowest BCUT2D eigenvalue weighted by Gasteiger charge is -2.06. The second kappa shape index (κ2) is 4.28. The number of nitrogens with one attached hydrogen (secondary N) is 1. The molecule has 0 saturated heterocycles. The van der Waals surface area contributed by atoms with Crippen LogP contribution in [0.5, 0.6) is 11.5 Å². The van der Waals surface area contributed by atoms with E-state index in [0.29, 0.717) is 39.2 Å². The van der Waals surface area contributed by atoms with Gasteiger partial charge in [0.15, 0.2) is 11.5 Å². The maximum Gasteiger partial charge on any atom is 0.254 e. The first-order valence-corrected chi connectivity index (χ1v) is 6.11. The van der Waals surface area contributed by atoms with Gasteiger partial charge in [-0.25, -0.2) is 4.98 Å². The molecule has 1 aromatic carbocycles. The summed E-state index contributed by atoms with van der Waals surface area (Å²) in [6.45, 7) is 3.68. The van der Waals surface area contributed by atoms with Gasteiger partial charge in [-0.1, -0.05) is 11.6 Å². The van der Waals surface area contributed by atoms with Crippen LogP contribution in [0, 0.1) is 13.8 Å². The van der Waals surface area contributed by atoms with E-state index < -0.39 is 0 Å². The highest BCUT2D eigenvalue weighted by Gasteiger charge is 2.19. The maximum absolute atomic E-state index is 11.8. The Labute approximate surface area is 114 Å². The van der Waals surface area contributed by atoms with Crippen molar-refractivity contribution in [2.75, 3.05) is 6.79 Å². The molecule has 0 bridgehead atoms. The summed E-state index contributed by atoms with van der Waals surface area (Å²) in [7, 11) is 0. The minimum absolute atomic E-state index is 0.148. The maximum atomic E-state index is 11.8. The van der Waals surface area contributed by atoms with Crippen molar-refractivity contribution in [3.8, 4) is 22.9 Å². The number of benzene rings is 1. The lowest BCUT2D eigenvalue weighted by atomic mass is 10.1. The second-order valence-electron chi connectivity index (χ2n) is 4.32. The second-order valence-corrected chi connectivity index (χ2v) is 4.72. The largest absolute Gasteiger partial charge is 0.454 e. The SMILES string of the molecule is Cc1nc(-c2cc(Cl)c3c(c2)OCO3)[nH]c(=O)c1C. The van der Waals surface area contributed by atoms with Crippen molar-refractivity contribution in [2.24, 2.45) is 0 Å². The van der Waals surface area contributed by atoms with Crippen LogP contribution in [0.3, 0.4) is 0 Å². The van der Waals surface area contributed by atoms with Gasteiger partial charge in [0, 0.05) is 16.8 Å². The monoisotopic (exact) mass is 278 g/mol. The Morgan fingerprint density at radius 3 is 2.84 bits per heavy atom. The molecule has 98 valence electrons. The molecule has 1 aliphatic rings. The van der Waals surface area contributed by atoms with Crippen LogP contribution in [-0.2, 0) is 0 Å². The highest BCUT2D eigenvalue weighted by molar-refractivity contribution is 6.32. The molecule has 0 atom stereocenters. The summed E-state index contributed by atoms with van der Waals surface area (Å²) >= 11 is 6.11. The van der Waals surface area contributed by atoms with E-state index in [9.17, 15) is 4.79 Å². The Balaban J connectivity index is 2.18. The van der Waals surface area contributed by atoms with Gasteiger partial charge in [-0.2, -0.15) is 0 Å². The summed E-state index contributed by atoms with van der Waals surface area (Å²) in [4.78, 5) is 18.9. The molecule has 1 aliphatic heterocycles. The van der Waals surface area contributed by atoms with Gasteiger partial charge >= 0.3 is 0 Å². The van der Waals surface area contributed by atoms with E-state index in [1.165, 1.54) is 0 Å². The number of rotatable bonds is 1. The van der Waals surface area contributed by atoms with E-state index in [4.69, 9.17) is 21.1 Å². The van der Waals surface area contributed by atoms with Crippen molar-refractivity contribution in [2.45, 2.75) is 13.8 Å². The van der Waals surface area contributed by atoms with E-state index in [1.54, 1.807) is 26.0 Å². The number of halogens is 1. The standard InChI is InChI=1S/C13H11ClN2O3/c1-6-7(2)15-12(16-13(6)17)8-3-9(14)11-10(4-8)18-5-19-11/h3-4H,5H2,1-2H3,(H,15,16,17). The zero-order valence-corrected chi connectivity index (χ0v) is 11.2. The first kappa shape index (κ1) is 12.0. The highest BCUT2D eigenvalue weighted by atomic mass is 35.5. The van der Waals surface area contributed by atoms with E-state index in [0.717, 1.165) is 0 Å². The van der Waals surface area contributed by atoms with Gasteiger partial charge in [0.25, 0.3) is 5.56 Å². The van der Waals surface area contributed by atoms with Crippen LogP contribution in [0.15, 0.2) is 16.9 Å². The smallest absolute Gasteiger partial charge is 0.254 e. The fraction of sp³-hybridized carbons (Fsp3) is 0.231. The normalized spacial score (nSPS) is 12.8. The highest BCUT2D eigenvalue weighted by Crippen LogP contribution is 2.41. The summed E-state index contributed by atoms with van der Waals surface area (Å²) < 4.78 is 10.5. The molecule has 0 unspecified atom stereocenters. The zero-order chi connectivity index (χ0) is 13.6. The molecular formula is C13H11ClN2O3. The molecule has 3 rings (SSSR count). The molecule has 0 amide bonds. The third kappa shape index (κ3) is 1.96. The van der Waals surface area contributed by atoms with Crippen molar-refractivity contribution in [3.05, 3.63) is 38.8 Å². The summed E-state index contributed by atoms with van der Waals surface area (Å²) in [6.07, 6.45) is 0. The minimum Gasteiger partial charge on any atom is -0.454 e. The van der Waals surface area contributed by atoms with Crippen molar-refractivity contribution < 1.29 is 9.47 Å². The Bertz CT molecular complexity index is 725. The van der Waals surface area contributed by atoms with E-state index in [-0.39, 0.29) is 12.4 Å². The lowest BCUT2D eigenvalue weighted by Crippen LogP contribution is -2.14. The average molecular weight is 279 g/mol. The molecule has 6 heteroatoms. The van der Waals surface area contributed by atoms with Gasteiger partial charge in [-0.05, 0) is 26.0 Å². The van der Waals surface area contributed by atoms with Gasteiger partial charge in [0.1, 0.15) is 5.82 Å². The van der Waals surface area contributed by atoms with Crippen LogP contribution in [-0.4, -0.2) is 16.8 Å². The Morgan fingerprint density at radius 2 is 2.11 bits per heavy atom. The average Bonchev–Trinajstić information content (AvgIpc) is 2.84. The quantitative estimate of drug-likeness (QED) is 0.870. The predicted octanol–water partition coefficient (Wildman–Crippen LogP) is 2.44. The summed E-state index contributed by atoms with van der Waals surface area (Å²) in [5, 5.41) is 0.436. The zero-order valence-electron chi connectivity index (χ0n) is 10.4. The molecule has 1 N–H and O–H groups in total. The molecular weight excluding hydrogens is 268 g/mol. The van der Waals surface area contributed by atoms with Crippen LogP contribution in [0.25, 0.3) is 11.4 Å². The van der Waals surface area contributed by atoms with Gasteiger partial charge in [-0.3, -0.25) is 4.79 Å². The Morgan fingerprint density at radius 1 is 1.32 bits per heavy atom. The molecule has 2 heterocycles. The number of ether oxygens (including phenoxy) is 2. The molecule has 19 heavy (non-hydrogen) atoms. The van der Waals surface area contributed by atoms with Crippen LogP contribution in [0.2, 0.25) is 5.02 Å². The number of aromatic nitrogens is 2. The topological polar surface area (TPSA) is 64.2 Å². The number of hydrogen-bond donors (Lipinski definition) is 1. The molecule has 2 aromatic rings. The molecule has 0 aliphatic carbocycles. The van der Waals surface area contributed by atoms with Crippen LogP contribution in [0.1, 0.15) is 11.3 Å². The molecule has 0 radical (unpaired) electrons. The Hall–Kier alpha value is -2.01. The summed E-state index contributed by atoms with van der Waals surface area (Å²) in [6, 6.07) is 3.45. The van der Waals surface area contributed by atoms with Crippen LogP contribution in [0.4, 0.5) is 0 Å². The van der Waals surface area contributed by atoms with Gasteiger partial charge in [0.05, 0.1) is 5.02 Å². The molecule has 0 spiro atoms. The van der Waals surface area contributed by atoms with Crippen molar-refractivity contribution in [1.82, 2.24) is 9.97 Å². The number of aryl methyl sites for hydroxylation is 1. The minimum atomic E-state index is -0.156. The summed E-state index contributed by atoms with van der Waals surface area (Å²) in [5.41, 5.74) is 1.83. The summed E-state index contributed by atoms with van der Waals surface area (Å²) in [5.74, 6) is 1.55. The van der Waals surface area contributed by atoms with Crippen molar-refractivity contribution in [3.63, 3.8) is 0 Å². The molecule has 5 nitrogen and oxygen atoms in total. The molecule has 1 aromatic heterocycles. The first-order chi connectivity index (χ1) is 9.06. The van der Waals surface area contributed by atoms with Gasteiger partial charge in [-0.15, -0.1) is 0 Å². The number of fused-ring (bicyclic) bond motifs is 1. The van der Waals surface area contributed by atoms with Crippen molar-refractivity contribution >= 4 is 11.6 Å². The van der Waals surface area contributed by atoms with Gasteiger partial charge < -0.3 is 14.5 Å². The van der Waals surface area contributed by atoms with E-state index in [1.807, 2.05) is 0 Å². The molecule has 0 saturated carbocycles. The number of nitrogens with zero attached hydrogens (tertiary/aromatic N) is 1. The fourth-order valence-electron chi connectivity index (χ4n) is 1.89. The Kier molecular flexibility index (Phi) is 2.71. The first-order valence-electron chi connectivity index (χ1n) is 5.73. The van der Waals surface area contributed by atoms with E-state index >= 15 is 0 Å². The third-order valence-corrected chi connectivity index (χ3v) is 3.38. The van der Waals surface area contributed by atoms with Crippen LogP contribution < -0.4 is 15.0 Å². The van der Waals surface area contributed by atoms with Crippen molar-refractivity contribution in [1.29, 1.82) is 0 Å². The fourth-order valence-corrected chi connectivity index (χ4v) is 2.15.